The van der Waals surface area contributed by atoms with Gasteiger partial charge in [0.2, 0.25) is 0 Å². The second kappa shape index (κ2) is 6.49. The van der Waals surface area contributed by atoms with Crippen LogP contribution in [0.1, 0.15) is 25.6 Å². The minimum Gasteiger partial charge on any atom is -0.334 e. The Labute approximate surface area is 139 Å². The highest BCUT2D eigenvalue weighted by molar-refractivity contribution is 7.89. The van der Waals surface area contributed by atoms with Crippen LogP contribution in [0.2, 0.25) is 0 Å². The minimum atomic E-state index is -3.70. The quantitative estimate of drug-likeness (QED) is 0.710. The first kappa shape index (κ1) is 16.3. The molecule has 0 aliphatic carbocycles. The maximum atomic E-state index is 12.3. The van der Waals surface area contributed by atoms with Crippen LogP contribution < -0.4 is 4.72 Å². The lowest BCUT2D eigenvalue weighted by Gasteiger charge is -2.04. The van der Waals surface area contributed by atoms with E-state index in [4.69, 9.17) is 0 Å². The molecule has 0 saturated heterocycles. The van der Waals surface area contributed by atoms with Gasteiger partial charge >= 0.3 is 0 Å². The van der Waals surface area contributed by atoms with Gasteiger partial charge in [-0.25, -0.2) is 22.8 Å². The molecule has 0 aliphatic heterocycles. The fourth-order valence-corrected chi connectivity index (χ4v) is 2.91. The maximum absolute atomic E-state index is 12.3. The van der Waals surface area contributed by atoms with Crippen molar-refractivity contribution < 1.29 is 8.42 Å². The van der Waals surface area contributed by atoms with Crippen LogP contribution in [-0.2, 0) is 16.6 Å². The first-order valence-electron chi connectivity index (χ1n) is 7.30. The summed E-state index contributed by atoms with van der Waals surface area (Å²) in [5.74, 6) is 0. The van der Waals surface area contributed by atoms with Crippen molar-refractivity contribution in [3.05, 3.63) is 48.9 Å². The molecule has 3 heterocycles. The van der Waals surface area contributed by atoms with E-state index in [2.05, 4.69) is 25.0 Å². The zero-order chi connectivity index (χ0) is 17.2. The van der Waals surface area contributed by atoms with Crippen molar-refractivity contribution >= 4 is 10.0 Å². The van der Waals surface area contributed by atoms with E-state index in [9.17, 15) is 8.42 Å². The lowest BCUT2D eigenvalue weighted by Crippen LogP contribution is -2.23. The Balaban J connectivity index is 1.70. The Bertz CT molecular complexity index is 916. The molecule has 9 nitrogen and oxygen atoms in total. The second-order valence-corrected chi connectivity index (χ2v) is 7.16. The van der Waals surface area contributed by atoms with Crippen LogP contribution in [0.3, 0.4) is 0 Å². The molecule has 3 aromatic heterocycles. The van der Waals surface area contributed by atoms with E-state index in [1.54, 1.807) is 29.2 Å². The number of sulfonamides is 1. The van der Waals surface area contributed by atoms with Gasteiger partial charge in [-0.15, -0.1) is 5.10 Å². The van der Waals surface area contributed by atoms with Gasteiger partial charge in [-0.05, 0) is 26.0 Å². The average Bonchev–Trinajstić information content (AvgIpc) is 3.24. The number of rotatable bonds is 6. The van der Waals surface area contributed by atoms with Crippen molar-refractivity contribution in [1.29, 1.82) is 0 Å². The third-order valence-corrected chi connectivity index (χ3v) is 4.63. The van der Waals surface area contributed by atoms with E-state index < -0.39 is 10.0 Å². The molecule has 0 atom stereocenters. The smallest absolute Gasteiger partial charge is 0.259 e. The summed E-state index contributed by atoms with van der Waals surface area (Å²) in [5.41, 5.74) is 1.24. The third-order valence-electron chi connectivity index (χ3n) is 3.34. The first-order valence-corrected chi connectivity index (χ1v) is 8.79. The van der Waals surface area contributed by atoms with Gasteiger partial charge in [-0.3, -0.25) is 4.98 Å². The standard InChI is InChI=1S/C14H17N7O2S/c1-11(2)20-9-14(16-10-20)24(22,23)17-6-12-8-21(19-18-12)13-4-3-5-15-7-13/h3-5,7-11,17H,6H2,1-2H3. The van der Waals surface area contributed by atoms with Crippen LogP contribution in [0.25, 0.3) is 5.69 Å². The number of hydrogen-bond acceptors (Lipinski definition) is 6. The molecule has 0 spiro atoms. The maximum Gasteiger partial charge on any atom is 0.259 e. The van der Waals surface area contributed by atoms with Crippen molar-refractivity contribution in [2.24, 2.45) is 0 Å². The van der Waals surface area contributed by atoms with Crippen molar-refractivity contribution in [1.82, 2.24) is 34.3 Å². The third kappa shape index (κ3) is 3.49. The highest BCUT2D eigenvalue weighted by Gasteiger charge is 2.18. The van der Waals surface area contributed by atoms with E-state index in [1.807, 2.05) is 19.9 Å². The molecule has 10 heteroatoms. The Morgan fingerprint density at radius 3 is 2.79 bits per heavy atom. The number of nitrogens with one attached hydrogen (secondary N) is 1. The molecule has 0 fully saturated rings. The fourth-order valence-electron chi connectivity index (χ4n) is 1.98. The van der Waals surface area contributed by atoms with E-state index in [0.29, 0.717) is 5.69 Å². The highest BCUT2D eigenvalue weighted by Crippen LogP contribution is 2.11. The topological polar surface area (TPSA) is 108 Å². The van der Waals surface area contributed by atoms with Crippen LogP contribution in [0.4, 0.5) is 0 Å². The van der Waals surface area contributed by atoms with Gasteiger partial charge in [0, 0.05) is 18.4 Å². The summed E-state index contributed by atoms with van der Waals surface area (Å²) in [7, 11) is -3.70. The Hall–Kier alpha value is -2.59. The number of pyridine rings is 1. The van der Waals surface area contributed by atoms with Crippen molar-refractivity contribution in [3.8, 4) is 5.69 Å². The van der Waals surface area contributed by atoms with Gasteiger partial charge in [-0.1, -0.05) is 5.21 Å². The average molecular weight is 347 g/mol. The van der Waals surface area contributed by atoms with Gasteiger partial charge in [0.15, 0.2) is 5.03 Å². The Kier molecular flexibility index (Phi) is 4.40. The highest BCUT2D eigenvalue weighted by atomic mass is 32.2. The van der Waals surface area contributed by atoms with Crippen LogP contribution in [0.5, 0.6) is 0 Å². The van der Waals surface area contributed by atoms with Gasteiger partial charge in [-0.2, -0.15) is 0 Å². The molecule has 0 saturated carbocycles. The zero-order valence-electron chi connectivity index (χ0n) is 13.2. The molecule has 1 N–H and O–H groups in total. The van der Waals surface area contributed by atoms with E-state index in [0.717, 1.165) is 5.69 Å². The van der Waals surface area contributed by atoms with Crippen LogP contribution in [0, 0.1) is 0 Å². The molecule has 0 aromatic carbocycles. The van der Waals surface area contributed by atoms with E-state index >= 15 is 0 Å². The largest absolute Gasteiger partial charge is 0.334 e. The molecule has 3 rings (SSSR count). The first-order chi connectivity index (χ1) is 11.5. The predicted molar refractivity (Wildman–Crippen MR) is 85.8 cm³/mol. The molecule has 3 aromatic rings. The Morgan fingerprint density at radius 1 is 1.29 bits per heavy atom. The summed E-state index contributed by atoms with van der Waals surface area (Å²) in [6.45, 7) is 3.92. The molecule has 0 bridgehead atoms. The molecule has 0 aliphatic rings. The van der Waals surface area contributed by atoms with Gasteiger partial charge in [0.1, 0.15) is 0 Å². The number of nitrogens with zero attached hydrogens (tertiary/aromatic N) is 6. The number of aromatic nitrogens is 6. The number of imidazole rings is 1. The molecule has 0 unspecified atom stereocenters. The van der Waals surface area contributed by atoms with E-state index in [1.165, 1.54) is 17.2 Å². The monoisotopic (exact) mass is 347 g/mol. The summed E-state index contributed by atoms with van der Waals surface area (Å²) < 4.78 is 30.3. The van der Waals surface area contributed by atoms with Gasteiger partial charge in [0.05, 0.1) is 36.6 Å². The molecular weight excluding hydrogens is 330 g/mol. The van der Waals surface area contributed by atoms with E-state index in [-0.39, 0.29) is 17.6 Å². The van der Waals surface area contributed by atoms with Crippen molar-refractivity contribution in [2.75, 3.05) is 0 Å². The summed E-state index contributed by atoms with van der Waals surface area (Å²) in [6.07, 6.45) is 7.94. The Morgan fingerprint density at radius 2 is 2.12 bits per heavy atom. The van der Waals surface area contributed by atoms with Crippen LogP contribution in [0.15, 0.2) is 48.3 Å². The van der Waals surface area contributed by atoms with Crippen molar-refractivity contribution in [3.63, 3.8) is 0 Å². The number of hydrogen-bond donors (Lipinski definition) is 1. The van der Waals surface area contributed by atoms with Gasteiger partial charge < -0.3 is 4.57 Å². The van der Waals surface area contributed by atoms with Gasteiger partial charge in [0.25, 0.3) is 10.0 Å². The van der Waals surface area contributed by atoms with Crippen LogP contribution in [-0.4, -0.2) is 37.9 Å². The lowest BCUT2D eigenvalue weighted by atomic mass is 10.4. The molecular formula is C14H17N7O2S. The summed E-state index contributed by atoms with van der Waals surface area (Å²) >= 11 is 0. The molecule has 24 heavy (non-hydrogen) atoms. The molecule has 0 radical (unpaired) electrons. The zero-order valence-corrected chi connectivity index (χ0v) is 14.1. The SMILES string of the molecule is CC(C)n1cnc(S(=O)(=O)NCc2cn(-c3cccnc3)nn2)c1. The predicted octanol–water partition coefficient (Wildman–Crippen LogP) is 0.918. The van der Waals surface area contributed by atoms with Crippen LogP contribution >= 0.6 is 0 Å². The lowest BCUT2D eigenvalue weighted by molar-refractivity contribution is 0.575. The summed E-state index contributed by atoms with van der Waals surface area (Å²) in [6, 6.07) is 3.75. The van der Waals surface area contributed by atoms with Crippen molar-refractivity contribution in [2.45, 2.75) is 31.5 Å². The fraction of sp³-hybridized carbons (Fsp3) is 0.286. The summed E-state index contributed by atoms with van der Waals surface area (Å²) in [5, 5.41) is 7.90. The second-order valence-electron chi connectivity index (χ2n) is 5.44. The summed E-state index contributed by atoms with van der Waals surface area (Å²) in [4.78, 5) is 7.94. The molecule has 0 amide bonds. The minimum absolute atomic E-state index is 0.0177. The normalized spacial score (nSPS) is 12.0. The molecule has 126 valence electrons.